The van der Waals surface area contributed by atoms with Crippen molar-refractivity contribution in [3.8, 4) is 0 Å². The quantitative estimate of drug-likeness (QED) is 0.559. The van der Waals surface area contributed by atoms with Gasteiger partial charge in [0.25, 0.3) is 5.91 Å². The summed E-state index contributed by atoms with van der Waals surface area (Å²) in [5.41, 5.74) is 4.14. The summed E-state index contributed by atoms with van der Waals surface area (Å²) in [7, 11) is 3.86. The molecule has 6 heteroatoms. The maximum Gasteiger partial charge on any atom is 0.422 e. The number of carbonyl (C=O) groups excluding carboxylic acids is 2. The Bertz CT molecular complexity index is 1260. The molecule has 3 aromatic carbocycles. The van der Waals surface area contributed by atoms with Gasteiger partial charge in [-0.2, -0.15) is 0 Å². The third-order valence-electron chi connectivity index (χ3n) is 5.30. The first kappa shape index (κ1) is 17.3. The second kappa shape index (κ2) is 6.38. The Morgan fingerprint density at radius 1 is 0.897 bits per heavy atom. The lowest BCUT2D eigenvalue weighted by atomic mass is 10.0. The highest BCUT2D eigenvalue weighted by molar-refractivity contribution is 6.18. The Labute approximate surface area is 167 Å². The zero-order valence-corrected chi connectivity index (χ0v) is 16.0. The molecule has 1 unspecified atom stereocenters. The van der Waals surface area contributed by atoms with E-state index in [1.54, 1.807) is 12.1 Å². The van der Waals surface area contributed by atoms with Crippen molar-refractivity contribution in [1.29, 1.82) is 0 Å². The Kier molecular flexibility index (Phi) is 3.81. The summed E-state index contributed by atoms with van der Waals surface area (Å²) in [4.78, 5) is 31.9. The molecule has 29 heavy (non-hydrogen) atoms. The number of fused-ring (bicyclic) bond motifs is 3. The highest BCUT2D eigenvalue weighted by atomic mass is 16.6. The van der Waals surface area contributed by atoms with Crippen LogP contribution in [0.2, 0.25) is 0 Å². The minimum absolute atomic E-state index is 0.383. The van der Waals surface area contributed by atoms with Crippen molar-refractivity contribution in [1.82, 2.24) is 4.98 Å². The molecule has 0 bridgehead atoms. The van der Waals surface area contributed by atoms with E-state index in [-0.39, 0.29) is 5.91 Å². The van der Waals surface area contributed by atoms with Gasteiger partial charge in [-0.3, -0.25) is 4.79 Å². The van der Waals surface area contributed by atoms with Crippen LogP contribution < -0.4 is 9.80 Å². The molecule has 0 aliphatic carbocycles. The van der Waals surface area contributed by atoms with E-state index in [1.807, 2.05) is 73.6 Å². The standard InChI is InChI=1S/C23H19N3O3/c1-25(2)15-8-10-16(11-9-15)26-22(27)21(29-23(26)28)14-7-12-20-18(13-14)17-5-3-4-6-19(17)24-20/h3-13,21,24H,1-2H3. The number of nitrogens with zero attached hydrogens (tertiary/aromatic N) is 2. The Morgan fingerprint density at radius 2 is 1.62 bits per heavy atom. The zero-order chi connectivity index (χ0) is 20.1. The van der Waals surface area contributed by atoms with Gasteiger partial charge in [0.15, 0.2) is 0 Å². The fourth-order valence-electron chi connectivity index (χ4n) is 3.78. The zero-order valence-electron chi connectivity index (χ0n) is 16.0. The molecular formula is C23H19N3O3. The van der Waals surface area contributed by atoms with Crippen LogP contribution in [-0.2, 0) is 9.53 Å². The van der Waals surface area contributed by atoms with Crippen molar-refractivity contribution in [2.75, 3.05) is 23.9 Å². The van der Waals surface area contributed by atoms with Gasteiger partial charge < -0.3 is 14.6 Å². The van der Waals surface area contributed by atoms with Crippen molar-refractivity contribution < 1.29 is 14.3 Å². The number of nitrogens with one attached hydrogen (secondary N) is 1. The van der Waals surface area contributed by atoms with Crippen molar-refractivity contribution >= 4 is 45.2 Å². The highest BCUT2D eigenvalue weighted by Crippen LogP contribution is 2.35. The monoisotopic (exact) mass is 385 g/mol. The van der Waals surface area contributed by atoms with Crippen molar-refractivity contribution in [3.05, 3.63) is 72.3 Å². The molecule has 0 radical (unpaired) electrons. The van der Waals surface area contributed by atoms with Crippen LogP contribution in [-0.4, -0.2) is 31.1 Å². The average Bonchev–Trinajstić information content (AvgIpc) is 3.24. The maximum absolute atomic E-state index is 13.0. The largest absolute Gasteiger partial charge is 0.430 e. The first-order valence-electron chi connectivity index (χ1n) is 9.35. The van der Waals surface area contributed by atoms with Gasteiger partial charge in [-0.15, -0.1) is 0 Å². The summed E-state index contributed by atoms with van der Waals surface area (Å²) in [6, 6.07) is 20.9. The van der Waals surface area contributed by atoms with E-state index in [4.69, 9.17) is 4.74 Å². The van der Waals surface area contributed by atoms with Crippen LogP contribution in [0.25, 0.3) is 21.8 Å². The fourth-order valence-corrected chi connectivity index (χ4v) is 3.78. The van der Waals surface area contributed by atoms with Gasteiger partial charge in [0.2, 0.25) is 6.10 Å². The van der Waals surface area contributed by atoms with E-state index >= 15 is 0 Å². The first-order valence-corrected chi connectivity index (χ1v) is 9.35. The van der Waals surface area contributed by atoms with E-state index in [9.17, 15) is 9.59 Å². The van der Waals surface area contributed by atoms with Gasteiger partial charge in [0.1, 0.15) is 0 Å². The number of carbonyl (C=O) groups is 2. The number of rotatable bonds is 3. The second-order valence-corrected chi connectivity index (χ2v) is 7.32. The van der Waals surface area contributed by atoms with Crippen LogP contribution in [0.4, 0.5) is 16.2 Å². The van der Waals surface area contributed by atoms with Crippen LogP contribution in [0.3, 0.4) is 0 Å². The van der Waals surface area contributed by atoms with Crippen LogP contribution in [0.1, 0.15) is 11.7 Å². The van der Waals surface area contributed by atoms with Crippen LogP contribution in [0.5, 0.6) is 0 Å². The number of imide groups is 1. The van der Waals surface area contributed by atoms with Crippen molar-refractivity contribution in [3.63, 3.8) is 0 Å². The van der Waals surface area contributed by atoms with E-state index < -0.39 is 12.2 Å². The number of amides is 2. The molecule has 4 aromatic rings. The van der Waals surface area contributed by atoms with E-state index in [1.165, 1.54) is 0 Å². The van der Waals surface area contributed by atoms with Crippen LogP contribution in [0.15, 0.2) is 66.7 Å². The normalized spacial score (nSPS) is 16.6. The minimum Gasteiger partial charge on any atom is -0.430 e. The summed E-state index contributed by atoms with van der Waals surface area (Å²) >= 11 is 0. The van der Waals surface area contributed by atoms with Crippen LogP contribution in [0, 0.1) is 0 Å². The summed E-state index contributed by atoms with van der Waals surface area (Å²) in [6.45, 7) is 0. The maximum atomic E-state index is 13.0. The van der Waals surface area contributed by atoms with Gasteiger partial charge in [0, 0.05) is 47.2 Å². The molecule has 1 saturated heterocycles. The lowest BCUT2D eigenvalue weighted by Crippen LogP contribution is -2.29. The summed E-state index contributed by atoms with van der Waals surface area (Å²) in [6.07, 6.45) is -1.61. The molecule has 0 saturated carbocycles. The molecule has 2 heterocycles. The number of ether oxygens (including phenoxy) is 1. The van der Waals surface area contributed by atoms with E-state index in [0.717, 1.165) is 32.4 Å². The molecule has 5 rings (SSSR count). The lowest BCUT2D eigenvalue weighted by molar-refractivity contribution is -0.122. The van der Waals surface area contributed by atoms with Gasteiger partial charge in [-0.05, 0) is 42.5 Å². The smallest absolute Gasteiger partial charge is 0.422 e. The summed E-state index contributed by atoms with van der Waals surface area (Å²) < 4.78 is 5.46. The number of anilines is 2. The lowest BCUT2D eigenvalue weighted by Gasteiger charge is -2.15. The van der Waals surface area contributed by atoms with Gasteiger partial charge >= 0.3 is 6.09 Å². The Balaban J connectivity index is 1.51. The number of hydrogen-bond donors (Lipinski definition) is 1. The number of para-hydroxylation sites is 1. The predicted octanol–water partition coefficient (Wildman–Crippen LogP) is 4.61. The van der Waals surface area contributed by atoms with Gasteiger partial charge in [-0.25, -0.2) is 9.69 Å². The molecule has 1 aromatic heterocycles. The fraction of sp³-hybridized carbons (Fsp3) is 0.130. The molecule has 1 aliphatic rings. The molecule has 0 spiro atoms. The number of aromatic amines is 1. The van der Waals surface area contributed by atoms with E-state index in [0.29, 0.717) is 11.3 Å². The third kappa shape index (κ3) is 2.72. The predicted molar refractivity (Wildman–Crippen MR) is 113 cm³/mol. The minimum atomic E-state index is -0.950. The summed E-state index contributed by atoms with van der Waals surface area (Å²) in [5.74, 6) is -0.383. The van der Waals surface area contributed by atoms with Gasteiger partial charge in [-0.1, -0.05) is 24.3 Å². The molecule has 1 atom stereocenters. The summed E-state index contributed by atoms with van der Waals surface area (Å²) in [5, 5.41) is 2.06. The molecule has 1 aliphatic heterocycles. The van der Waals surface area contributed by atoms with Crippen LogP contribution >= 0.6 is 0 Å². The third-order valence-corrected chi connectivity index (χ3v) is 5.30. The van der Waals surface area contributed by atoms with Crippen molar-refractivity contribution in [2.45, 2.75) is 6.10 Å². The Hall–Kier alpha value is -3.80. The number of hydrogen-bond acceptors (Lipinski definition) is 4. The second-order valence-electron chi connectivity index (χ2n) is 7.32. The molecule has 6 nitrogen and oxygen atoms in total. The molecule has 1 fully saturated rings. The van der Waals surface area contributed by atoms with E-state index in [2.05, 4.69) is 4.98 Å². The SMILES string of the molecule is CN(C)c1ccc(N2C(=O)OC(c3ccc4[nH]c5ccccc5c4c3)C2=O)cc1. The first-order chi connectivity index (χ1) is 14.0. The van der Waals surface area contributed by atoms with Gasteiger partial charge in [0.05, 0.1) is 5.69 Å². The number of benzene rings is 3. The average molecular weight is 385 g/mol. The molecule has 2 amide bonds. The number of cyclic esters (lactones) is 1. The number of H-pyrrole nitrogens is 1. The number of aromatic nitrogens is 1. The highest BCUT2D eigenvalue weighted by Gasteiger charge is 2.42. The molecular weight excluding hydrogens is 366 g/mol. The topological polar surface area (TPSA) is 65.6 Å². The molecule has 144 valence electrons. The van der Waals surface area contributed by atoms with Crippen molar-refractivity contribution in [2.24, 2.45) is 0 Å². The Morgan fingerprint density at radius 3 is 2.38 bits per heavy atom. The molecule has 1 N–H and O–H groups in total.